The van der Waals surface area contributed by atoms with Gasteiger partial charge in [0.2, 0.25) is 0 Å². The van der Waals surface area contributed by atoms with Gasteiger partial charge in [-0.05, 0) is 29.8 Å². The Morgan fingerprint density at radius 1 is 1.33 bits per heavy atom. The van der Waals surface area contributed by atoms with E-state index in [-0.39, 0.29) is 12.2 Å². The van der Waals surface area contributed by atoms with Crippen molar-refractivity contribution in [2.75, 3.05) is 5.32 Å². The van der Waals surface area contributed by atoms with Crippen LogP contribution in [0.4, 0.5) is 15.8 Å². The fourth-order valence-corrected chi connectivity index (χ4v) is 1.98. The highest BCUT2D eigenvalue weighted by molar-refractivity contribution is 6.32. The van der Waals surface area contributed by atoms with Gasteiger partial charge in [0.05, 0.1) is 21.6 Å². The molecule has 0 aliphatic rings. The minimum atomic E-state index is -0.668. The van der Waals surface area contributed by atoms with Crippen molar-refractivity contribution in [2.45, 2.75) is 6.54 Å². The lowest BCUT2D eigenvalue weighted by Gasteiger charge is -2.07. The molecule has 5 nitrogen and oxygen atoms in total. The maximum Gasteiger partial charge on any atom is 0.272 e. The molecular weight excluding hydrogens is 297 g/mol. The third-order valence-corrected chi connectivity index (χ3v) is 3.05. The average molecular weight is 306 g/mol. The smallest absolute Gasteiger partial charge is 0.272 e. The van der Waals surface area contributed by atoms with Crippen molar-refractivity contribution in [3.63, 3.8) is 0 Å². The van der Waals surface area contributed by atoms with Crippen LogP contribution in [0, 0.1) is 27.3 Å². The monoisotopic (exact) mass is 305 g/mol. The second kappa shape index (κ2) is 6.20. The molecule has 2 aromatic carbocycles. The number of halogens is 2. The summed E-state index contributed by atoms with van der Waals surface area (Å²) < 4.78 is 13.3. The molecule has 0 aliphatic heterocycles. The van der Waals surface area contributed by atoms with E-state index in [9.17, 15) is 14.5 Å². The summed E-state index contributed by atoms with van der Waals surface area (Å²) in [6, 6.07) is 10.1. The van der Waals surface area contributed by atoms with Crippen LogP contribution in [0.15, 0.2) is 36.4 Å². The van der Waals surface area contributed by atoms with Crippen LogP contribution in [0.5, 0.6) is 0 Å². The van der Waals surface area contributed by atoms with Crippen molar-refractivity contribution in [1.29, 1.82) is 5.26 Å². The molecule has 0 bridgehead atoms. The quantitative estimate of drug-likeness (QED) is 0.687. The van der Waals surface area contributed by atoms with Crippen LogP contribution in [0.25, 0.3) is 0 Å². The first kappa shape index (κ1) is 14.8. The maximum atomic E-state index is 13.3. The second-order valence-electron chi connectivity index (χ2n) is 4.23. The Kier molecular flexibility index (Phi) is 4.36. The fourth-order valence-electron chi connectivity index (χ4n) is 1.76. The molecule has 0 aliphatic carbocycles. The standard InChI is InChI=1S/C14H9ClFN3O2/c15-14-6-12(2-1-10(14)7-17)18-8-9-3-11(16)5-13(4-9)19(20)21/h1-6,18H,8H2. The predicted octanol–water partition coefficient (Wildman–Crippen LogP) is 3.87. The number of hydrogen-bond acceptors (Lipinski definition) is 4. The Balaban J connectivity index is 2.15. The Morgan fingerprint density at radius 3 is 2.71 bits per heavy atom. The molecule has 0 atom stereocenters. The number of hydrogen-bond donors (Lipinski definition) is 1. The lowest BCUT2D eigenvalue weighted by atomic mass is 10.1. The van der Waals surface area contributed by atoms with Gasteiger partial charge < -0.3 is 5.32 Å². The number of rotatable bonds is 4. The third kappa shape index (κ3) is 3.68. The third-order valence-electron chi connectivity index (χ3n) is 2.74. The van der Waals surface area contributed by atoms with E-state index in [0.717, 1.165) is 6.07 Å². The number of nitrogens with one attached hydrogen (secondary N) is 1. The molecule has 0 heterocycles. The van der Waals surface area contributed by atoms with E-state index in [1.54, 1.807) is 18.2 Å². The zero-order valence-electron chi connectivity index (χ0n) is 10.6. The largest absolute Gasteiger partial charge is 0.381 e. The molecule has 0 fully saturated rings. The van der Waals surface area contributed by atoms with Crippen LogP contribution >= 0.6 is 11.6 Å². The van der Waals surface area contributed by atoms with Crippen LogP contribution < -0.4 is 5.32 Å². The topological polar surface area (TPSA) is 79.0 Å². The van der Waals surface area contributed by atoms with E-state index in [4.69, 9.17) is 16.9 Å². The summed E-state index contributed by atoms with van der Waals surface area (Å²) in [6.07, 6.45) is 0. The van der Waals surface area contributed by atoms with Crippen molar-refractivity contribution in [1.82, 2.24) is 0 Å². The number of nitro benzene ring substituents is 1. The van der Waals surface area contributed by atoms with Gasteiger partial charge in [-0.1, -0.05) is 11.6 Å². The van der Waals surface area contributed by atoms with Crippen molar-refractivity contribution in [2.24, 2.45) is 0 Å². The number of nitro groups is 1. The summed E-state index contributed by atoms with van der Waals surface area (Å²) in [5.41, 5.74) is 1.11. The van der Waals surface area contributed by atoms with Crippen LogP contribution in [0.1, 0.15) is 11.1 Å². The Labute approximate surface area is 124 Å². The zero-order valence-corrected chi connectivity index (χ0v) is 11.4. The number of nitriles is 1. The van der Waals surface area contributed by atoms with Gasteiger partial charge in [-0.2, -0.15) is 5.26 Å². The Bertz CT molecular complexity index is 743. The molecule has 0 spiro atoms. The van der Waals surface area contributed by atoms with Crippen molar-refractivity contribution >= 4 is 23.0 Å². The summed E-state index contributed by atoms with van der Waals surface area (Å²) in [6.45, 7) is 0.195. The highest BCUT2D eigenvalue weighted by Crippen LogP contribution is 2.22. The maximum absolute atomic E-state index is 13.3. The summed E-state index contributed by atoms with van der Waals surface area (Å²) >= 11 is 5.89. The van der Waals surface area contributed by atoms with E-state index in [1.165, 1.54) is 12.1 Å². The van der Waals surface area contributed by atoms with E-state index < -0.39 is 10.7 Å². The van der Waals surface area contributed by atoms with Crippen molar-refractivity contribution < 1.29 is 9.31 Å². The first-order chi connectivity index (χ1) is 9.99. The van der Waals surface area contributed by atoms with E-state index in [0.29, 0.717) is 21.8 Å². The molecule has 0 aromatic heterocycles. The molecule has 0 saturated heterocycles. The lowest BCUT2D eigenvalue weighted by Crippen LogP contribution is -2.01. The molecule has 1 N–H and O–H groups in total. The lowest BCUT2D eigenvalue weighted by molar-refractivity contribution is -0.385. The number of benzene rings is 2. The SMILES string of the molecule is N#Cc1ccc(NCc2cc(F)cc([N+](=O)[O-])c2)cc1Cl. The predicted molar refractivity (Wildman–Crippen MR) is 76.5 cm³/mol. The van der Waals surface area contributed by atoms with Gasteiger partial charge in [0.15, 0.2) is 0 Å². The fraction of sp³-hybridized carbons (Fsp3) is 0.0714. The minimum absolute atomic E-state index is 0.195. The summed E-state index contributed by atoms with van der Waals surface area (Å²) in [4.78, 5) is 10.0. The normalized spacial score (nSPS) is 9.95. The van der Waals surface area contributed by atoms with Gasteiger partial charge >= 0.3 is 0 Å². The molecule has 0 amide bonds. The molecular formula is C14H9ClFN3O2. The van der Waals surface area contributed by atoms with E-state index in [1.807, 2.05) is 6.07 Å². The first-order valence-electron chi connectivity index (χ1n) is 5.87. The van der Waals surface area contributed by atoms with Gasteiger partial charge in [0.25, 0.3) is 5.69 Å². The van der Waals surface area contributed by atoms with Crippen molar-refractivity contribution in [3.8, 4) is 6.07 Å². The minimum Gasteiger partial charge on any atom is -0.381 e. The van der Waals surface area contributed by atoms with Crippen LogP contribution in [0.2, 0.25) is 5.02 Å². The number of nitrogens with zero attached hydrogens (tertiary/aromatic N) is 2. The average Bonchev–Trinajstić information content (AvgIpc) is 2.44. The molecule has 2 rings (SSSR count). The Morgan fingerprint density at radius 2 is 2.10 bits per heavy atom. The zero-order chi connectivity index (χ0) is 15.4. The summed E-state index contributed by atoms with van der Waals surface area (Å²) in [5.74, 6) is -0.668. The molecule has 0 radical (unpaired) electrons. The molecule has 106 valence electrons. The second-order valence-corrected chi connectivity index (χ2v) is 4.64. The highest BCUT2D eigenvalue weighted by atomic mass is 35.5. The first-order valence-corrected chi connectivity index (χ1v) is 6.25. The van der Waals surface area contributed by atoms with Gasteiger partial charge in [0, 0.05) is 18.3 Å². The molecule has 21 heavy (non-hydrogen) atoms. The van der Waals surface area contributed by atoms with Gasteiger partial charge in [0.1, 0.15) is 11.9 Å². The van der Waals surface area contributed by atoms with Crippen LogP contribution in [-0.4, -0.2) is 4.92 Å². The summed E-state index contributed by atoms with van der Waals surface area (Å²) in [5, 5.41) is 22.7. The molecule has 0 saturated carbocycles. The van der Waals surface area contributed by atoms with Gasteiger partial charge in [-0.15, -0.1) is 0 Å². The van der Waals surface area contributed by atoms with Crippen LogP contribution in [0.3, 0.4) is 0 Å². The Hall–Kier alpha value is -2.65. The van der Waals surface area contributed by atoms with Gasteiger partial charge in [-0.25, -0.2) is 4.39 Å². The van der Waals surface area contributed by atoms with Crippen molar-refractivity contribution in [3.05, 3.63) is 68.5 Å². The van der Waals surface area contributed by atoms with Crippen LogP contribution in [-0.2, 0) is 6.54 Å². The van der Waals surface area contributed by atoms with E-state index >= 15 is 0 Å². The van der Waals surface area contributed by atoms with E-state index in [2.05, 4.69) is 5.32 Å². The summed E-state index contributed by atoms with van der Waals surface area (Å²) in [7, 11) is 0. The molecule has 0 unspecified atom stereocenters. The highest BCUT2D eigenvalue weighted by Gasteiger charge is 2.10. The molecule has 7 heteroatoms. The molecule has 2 aromatic rings. The van der Waals surface area contributed by atoms with Gasteiger partial charge in [-0.3, -0.25) is 10.1 Å². The number of anilines is 1. The number of non-ortho nitro benzene ring substituents is 1.